The predicted molar refractivity (Wildman–Crippen MR) is 152 cm³/mol. The van der Waals surface area contributed by atoms with Gasteiger partial charge in [-0.1, -0.05) is 48.5 Å². The van der Waals surface area contributed by atoms with Crippen molar-refractivity contribution < 1.29 is 14.3 Å². The molecule has 0 radical (unpaired) electrons. The fourth-order valence-electron chi connectivity index (χ4n) is 6.38. The number of ether oxygens (including phenoxy) is 1. The molecule has 39 heavy (non-hydrogen) atoms. The average molecular weight is 527 g/mol. The highest BCUT2D eigenvalue weighted by Gasteiger charge is 2.42. The van der Waals surface area contributed by atoms with Crippen LogP contribution in [0.1, 0.15) is 59.6 Å². The largest absolute Gasteiger partial charge is 0.468 e. The maximum absolute atomic E-state index is 13.6. The van der Waals surface area contributed by atoms with E-state index >= 15 is 0 Å². The minimum Gasteiger partial charge on any atom is -0.468 e. The molecule has 7 heteroatoms. The molecular formula is C32H38N4O3. The number of para-hydroxylation sites is 1. The zero-order valence-corrected chi connectivity index (χ0v) is 22.7. The Hall–Kier alpha value is -3.29. The zero-order valence-electron chi connectivity index (χ0n) is 22.7. The number of esters is 1. The van der Waals surface area contributed by atoms with Crippen molar-refractivity contribution in [3.05, 3.63) is 77.5 Å². The van der Waals surface area contributed by atoms with Crippen LogP contribution in [0.15, 0.2) is 60.7 Å². The van der Waals surface area contributed by atoms with E-state index in [0.29, 0.717) is 30.5 Å². The van der Waals surface area contributed by atoms with Gasteiger partial charge in [0, 0.05) is 42.2 Å². The quantitative estimate of drug-likeness (QED) is 0.444. The van der Waals surface area contributed by atoms with Gasteiger partial charge >= 0.3 is 5.97 Å². The Morgan fingerprint density at radius 2 is 1.74 bits per heavy atom. The molecule has 0 spiro atoms. The zero-order chi connectivity index (χ0) is 26.8. The number of carbonyl (C=O) groups is 2. The summed E-state index contributed by atoms with van der Waals surface area (Å²) in [4.78, 5) is 36.0. The van der Waals surface area contributed by atoms with Crippen LogP contribution < -0.4 is 5.32 Å². The highest BCUT2D eigenvalue weighted by Crippen LogP contribution is 2.40. The molecule has 3 aliphatic rings. The summed E-state index contributed by atoms with van der Waals surface area (Å²) in [7, 11) is 1.46. The Morgan fingerprint density at radius 3 is 2.49 bits per heavy atom. The van der Waals surface area contributed by atoms with Gasteiger partial charge in [0.05, 0.1) is 18.2 Å². The number of benzene rings is 2. The van der Waals surface area contributed by atoms with E-state index in [9.17, 15) is 9.59 Å². The molecule has 1 aliphatic carbocycles. The first-order chi connectivity index (χ1) is 19.1. The second kappa shape index (κ2) is 11.4. The average Bonchev–Trinajstić information content (AvgIpc) is 3.76. The van der Waals surface area contributed by atoms with Crippen molar-refractivity contribution in [3.8, 4) is 0 Å². The third-order valence-electron chi connectivity index (χ3n) is 8.71. The van der Waals surface area contributed by atoms with Crippen LogP contribution in [0.2, 0.25) is 0 Å². The van der Waals surface area contributed by atoms with Crippen molar-refractivity contribution in [3.63, 3.8) is 0 Å². The van der Waals surface area contributed by atoms with Crippen molar-refractivity contribution in [1.82, 2.24) is 20.1 Å². The number of nitrogens with zero attached hydrogens (tertiary/aromatic N) is 3. The Bertz CT molecular complexity index is 1320. The molecule has 2 atom stereocenters. The van der Waals surface area contributed by atoms with Crippen LogP contribution in [0.25, 0.3) is 10.9 Å². The van der Waals surface area contributed by atoms with E-state index in [1.54, 1.807) is 0 Å². The maximum atomic E-state index is 13.6. The van der Waals surface area contributed by atoms with E-state index in [2.05, 4.69) is 45.4 Å². The normalized spacial score (nSPS) is 22.7. The van der Waals surface area contributed by atoms with Gasteiger partial charge in [-0.05, 0) is 69.3 Å². The molecule has 1 aromatic heterocycles. The number of fused-ring (bicyclic) bond motifs is 1. The van der Waals surface area contributed by atoms with Crippen LogP contribution in [-0.2, 0) is 16.0 Å². The summed E-state index contributed by atoms with van der Waals surface area (Å²) in [5.74, 6) is 0.177. The molecule has 6 rings (SSSR count). The number of piperidine rings is 1. The number of pyridine rings is 1. The third-order valence-corrected chi connectivity index (χ3v) is 8.71. The number of amides is 1. The first-order valence-corrected chi connectivity index (χ1v) is 14.4. The van der Waals surface area contributed by atoms with E-state index in [4.69, 9.17) is 9.72 Å². The smallest absolute Gasteiger partial charge is 0.323 e. The number of rotatable bonds is 8. The summed E-state index contributed by atoms with van der Waals surface area (Å²) in [5, 5.41) is 4.15. The third kappa shape index (κ3) is 5.85. The second-order valence-corrected chi connectivity index (χ2v) is 11.3. The number of carbonyl (C=O) groups excluding carboxylic acids is 2. The molecular weight excluding hydrogens is 488 g/mol. The Morgan fingerprint density at radius 1 is 1.00 bits per heavy atom. The number of likely N-dealkylation sites (tertiary alicyclic amines) is 2. The Kier molecular flexibility index (Phi) is 7.62. The van der Waals surface area contributed by atoms with Gasteiger partial charge in [0.25, 0.3) is 5.91 Å². The van der Waals surface area contributed by atoms with Gasteiger partial charge in [-0.15, -0.1) is 0 Å². The predicted octanol–water partition coefficient (Wildman–Crippen LogP) is 4.17. The molecule has 2 aromatic carbocycles. The molecule has 1 N–H and O–H groups in total. The van der Waals surface area contributed by atoms with E-state index < -0.39 is 0 Å². The summed E-state index contributed by atoms with van der Waals surface area (Å²) >= 11 is 0. The molecule has 3 aromatic rings. The van der Waals surface area contributed by atoms with E-state index in [-0.39, 0.29) is 24.0 Å². The van der Waals surface area contributed by atoms with Gasteiger partial charge in [-0.3, -0.25) is 19.5 Å². The van der Waals surface area contributed by atoms with Crippen molar-refractivity contribution >= 4 is 22.8 Å². The van der Waals surface area contributed by atoms with Gasteiger partial charge < -0.3 is 15.0 Å². The number of nitrogens with one attached hydrogen (secondary N) is 1. The SMILES string of the molecule is COC(=O)[C@@H]1C[C@H](NC(=O)c2cc(C3CC3)nc3ccccc23)CN1C1CCN(CCc2ccccc2)CC1. The van der Waals surface area contributed by atoms with Gasteiger partial charge in [0.15, 0.2) is 0 Å². The number of hydrogen-bond donors (Lipinski definition) is 1. The first-order valence-electron chi connectivity index (χ1n) is 14.4. The van der Waals surface area contributed by atoms with Gasteiger partial charge in [-0.2, -0.15) is 0 Å². The van der Waals surface area contributed by atoms with E-state index in [1.807, 2.05) is 30.3 Å². The summed E-state index contributed by atoms with van der Waals surface area (Å²) in [6.45, 7) is 3.76. The first kappa shape index (κ1) is 26.0. The maximum Gasteiger partial charge on any atom is 0.323 e. The molecule has 0 bridgehead atoms. The number of methoxy groups -OCH3 is 1. The topological polar surface area (TPSA) is 74.8 Å². The minimum atomic E-state index is -0.322. The molecule has 2 saturated heterocycles. The van der Waals surface area contributed by atoms with Crippen molar-refractivity contribution in [1.29, 1.82) is 0 Å². The molecule has 2 aliphatic heterocycles. The highest BCUT2D eigenvalue weighted by atomic mass is 16.5. The lowest BCUT2D eigenvalue weighted by atomic mass is 10.0. The van der Waals surface area contributed by atoms with Gasteiger partial charge in [0.2, 0.25) is 0 Å². The summed E-state index contributed by atoms with van der Waals surface area (Å²) < 4.78 is 5.20. The second-order valence-electron chi connectivity index (χ2n) is 11.3. The monoisotopic (exact) mass is 526 g/mol. The van der Waals surface area contributed by atoms with Gasteiger partial charge in [0.1, 0.15) is 6.04 Å². The number of aromatic nitrogens is 1. The van der Waals surface area contributed by atoms with Crippen molar-refractivity contribution in [2.75, 3.05) is 33.3 Å². The molecule has 7 nitrogen and oxygen atoms in total. The lowest BCUT2D eigenvalue weighted by molar-refractivity contribution is -0.147. The fraction of sp³-hybridized carbons (Fsp3) is 0.469. The fourth-order valence-corrected chi connectivity index (χ4v) is 6.38. The molecule has 1 saturated carbocycles. The lowest BCUT2D eigenvalue weighted by Gasteiger charge is -2.38. The molecule has 1 amide bonds. The van der Waals surface area contributed by atoms with Crippen molar-refractivity contribution in [2.45, 2.75) is 62.6 Å². The highest BCUT2D eigenvalue weighted by molar-refractivity contribution is 6.06. The van der Waals surface area contributed by atoms with Crippen LogP contribution in [0.4, 0.5) is 0 Å². The molecule has 3 heterocycles. The Balaban J connectivity index is 1.11. The minimum absolute atomic E-state index is 0.0818. The summed E-state index contributed by atoms with van der Waals surface area (Å²) in [5.41, 5.74) is 3.93. The van der Waals surface area contributed by atoms with Gasteiger partial charge in [-0.25, -0.2) is 0 Å². The summed E-state index contributed by atoms with van der Waals surface area (Å²) in [6, 6.07) is 20.4. The Labute approximate surface area is 230 Å². The van der Waals surface area contributed by atoms with E-state index in [1.165, 1.54) is 12.7 Å². The molecule has 3 fully saturated rings. The van der Waals surface area contributed by atoms with Crippen LogP contribution in [0.5, 0.6) is 0 Å². The van der Waals surface area contributed by atoms with Crippen LogP contribution >= 0.6 is 0 Å². The van der Waals surface area contributed by atoms with Crippen LogP contribution in [0, 0.1) is 0 Å². The molecule has 204 valence electrons. The lowest BCUT2D eigenvalue weighted by Crippen LogP contribution is -2.49. The van der Waals surface area contributed by atoms with Crippen LogP contribution in [0.3, 0.4) is 0 Å². The van der Waals surface area contributed by atoms with E-state index in [0.717, 1.165) is 68.3 Å². The van der Waals surface area contributed by atoms with Crippen LogP contribution in [-0.4, -0.2) is 78.1 Å². The number of hydrogen-bond acceptors (Lipinski definition) is 6. The molecule has 0 unspecified atom stereocenters. The van der Waals surface area contributed by atoms with Crippen molar-refractivity contribution in [2.24, 2.45) is 0 Å². The summed E-state index contributed by atoms with van der Waals surface area (Å²) in [6.07, 6.45) is 5.93. The standard InChI is InChI=1S/C32H38N4O3/c1-39-32(38)30-19-24(21-36(30)25-14-17-35(18-15-25)16-13-22-7-3-2-4-8-22)33-31(37)27-20-29(23-11-12-23)34-28-10-6-5-9-26(27)28/h2-10,20,23-25,30H,11-19,21H2,1H3,(H,33,37)/t24-,30-/m0/s1.